The monoisotopic (exact) mass is 344 g/mol. The zero-order valence-electron chi connectivity index (χ0n) is 13.4. The Morgan fingerprint density at radius 3 is 2.23 bits per heavy atom. The van der Waals surface area contributed by atoms with E-state index in [4.69, 9.17) is 3.63 Å². The van der Waals surface area contributed by atoms with E-state index in [0.717, 1.165) is 31.2 Å². The number of aryl methyl sites for hydroxylation is 1. The fraction of sp³-hybridized carbons (Fsp3) is 0.562. The van der Waals surface area contributed by atoms with Gasteiger partial charge in [0, 0.05) is 5.92 Å². The van der Waals surface area contributed by atoms with Gasteiger partial charge in [0.05, 0.1) is 10.6 Å². The average molecular weight is 344 g/mol. The highest BCUT2D eigenvalue weighted by molar-refractivity contribution is 8.32. The predicted octanol–water partition coefficient (Wildman–Crippen LogP) is 3.44. The van der Waals surface area contributed by atoms with Gasteiger partial charge in [-0.1, -0.05) is 30.5 Å². The lowest BCUT2D eigenvalue weighted by Gasteiger charge is -2.30. The fourth-order valence-corrected chi connectivity index (χ4v) is 6.56. The van der Waals surface area contributed by atoms with Gasteiger partial charge in [-0.05, 0) is 44.4 Å². The van der Waals surface area contributed by atoms with E-state index in [2.05, 4.69) is 0 Å². The average Bonchev–Trinajstić information content (AvgIpc) is 2.91. The van der Waals surface area contributed by atoms with Crippen LogP contribution in [0.3, 0.4) is 0 Å². The number of carbonyl (C=O) groups excluding carboxylic acids is 1. The van der Waals surface area contributed by atoms with Gasteiger partial charge in [0.2, 0.25) is 0 Å². The molecule has 0 heterocycles. The van der Waals surface area contributed by atoms with Gasteiger partial charge in [0.15, 0.2) is 0 Å². The van der Waals surface area contributed by atoms with Gasteiger partial charge in [-0.3, -0.25) is 4.79 Å². The molecule has 1 aliphatic rings. The van der Waals surface area contributed by atoms with E-state index in [-0.39, 0.29) is 22.3 Å². The van der Waals surface area contributed by atoms with Crippen molar-refractivity contribution >= 4 is 26.2 Å². The summed E-state index contributed by atoms with van der Waals surface area (Å²) in [6.45, 7) is 1.90. The van der Waals surface area contributed by atoms with Crippen molar-refractivity contribution in [3.8, 4) is 0 Å². The molecule has 1 aromatic carbocycles. The maximum absolute atomic E-state index is 12.3. The van der Waals surface area contributed by atoms with E-state index in [1.807, 2.05) is 6.92 Å². The summed E-state index contributed by atoms with van der Waals surface area (Å²) >= 11 is 0. The van der Waals surface area contributed by atoms with Crippen LogP contribution in [0.4, 0.5) is 0 Å². The van der Waals surface area contributed by atoms with Crippen LogP contribution in [0.5, 0.6) is 0 Å². The second kappa shape index (κ2) is 6.72. The minimum absolute atomic E-state index is 0.0949. The van der Waals surface area contributed by atoms with Crippen molar-refractivity contribution in [1.29, 1.82) is 0 Å². The third kappa shape index (κ3) is 4.57. The molecule has 0 atom stereocenters. The number of hydrogen-bond donors (Lipinski definition) is 0. The summed E-state index contributed by atoms with van der Waals surface area (Å²) in [6, 6.07) is 6.56. The van der Waals surface area contributed by atoms with Crippen LogP contribution in [0.2, 0.25) is 0 Å². The largest absolute Gasteiger partial charge is 0.306 e. The lowest BCUT2D eigenvalue weighted by Crippen LogP contribution is -2.22. The van der Waals surface area contributed by atoms with Gasteiger partial charge in [0.25, 0.3) is 0 Å². The second-order valence-electron chi connectivity index (χ2n) is 6.36. The standard InChI is InChI=1S/C16H24O4S2/c1-13-8-10-15(11-9-13)22(18,19)20-21(2,3)12-16(17)14-6-4-5-7-14/h8-11,14H,4-7,12H2,1-3H3. The Hall–Kier alpha value is -0.850. The SMILES string of the molecule is Cc1ccc(S(=O)(=O)OS(C)(C)CC(=O)C2CCCC2)cc1. The molecule has 0 saturated heterocycles. The third-order valence-electron chi connectivity index (χ3n) is 3.88. The molecule has 1 saturated carbocycles. The summed E-state index contributed by atoms with van der Waals surface area (Å²) in [6.07, 6.45) is 7.53. The van der Waals surface area contributed by atoms with E-state index in [1.165, 1.54) is 0 Å². The van der Waals surface area contributed by atoms with Gasteiger partial charge in [-0.25, -0.2) is 3.63 Å². The molecule has 0 unspecified atom stereocenters. The highest BCUT2D eigenvalue weighted by atomic mass is 32.3. The fourth-order valence-electron chi connectivity index (χ4n) is 2.72. The summed E-state index contributed by atoms with van der Waals surface area (Å²) in [5.74, 6) is 0.456. The zero-order valence-corrected chi connectivity index (χ0v) is 15.0. The minimum atomic E-state index is -3.82. The molecule has 0 aromatic heterocycles. The van der Waals surface area contributed by atoms with Crippen LogP contribution >= 0.6 is 10.3 Å². The van der Waals surface area contributed by atoms with Crippen LogP contribution in [0.25, 0.3) is 0 Å². The number of hydrogen-bond acceptors (Lipinski definition) is 4. The first kappa shape index (κ1) is 17.5. The van der Waals surface area contributed by atoms with E-state index >= 15 is 0 Å². The Labute approximate surface area is 134 Å². The predicted molar refractivity (Wildman–Crippen MR) is 90.7 cm³/mol. The first-order chi connectivity index (χ1) is 10.2. The van der Waals surface area contributed by atoms with Crippen molar-refractivity contribution in [1.82, 2.24) is 0 Å². The van der Waals surface area contributed by atoms with Gasteiger partial charge in [-0.15, -0.1) is 10.3 Å². The normalized spacial score (nSPS) is 17.6. The van der Waals surface area contributed by atoms with Gasteiger partial charge < -0.3 is 0 Å². The van der Waals surface area contributed by atoms with Crippen LogP contribution < -0.4 is 0 Å². The molecular weight excluding hydrogens is 320 g/mol. The highest BCUT2D eigenvalue weighted by Gasteiger charge is 2.30. The Morgan fingerprint density at radius 1 is 1.14 bits per heavy atom. The number of benzene rings is 1. The molecule has 6 heteroatoms. The molecule has 4 nitrogen and oxygen atoms in total. The van der Waals surface area contributed by atoms with Crippen LogP contribution in [0.1, 0.15) is 31.2 Å². The maximum Gasteiger partial charge on any atom is 0.306 e. The van der Waals surface area contributed by atoms with E-state index in [1.54, 1.807) is 36.8 Å². The molecule has 0 amide bonds. The zero-order chi connectivity index (χ0) is 16.4. The number of ketones is 1. The van der Waals surface area contributed by atoms with E-state index < -0.39 is 20.4 Å². The summed E-state index contributed by atoms with van der Waals surface area (Å²) < 4.78 is 30.1. The third-order valence-corrected chi connectivity index (χ3v) is 7.90. The van der Waals surface area contributed by atoms with Crippen LogP contribution in [0.15, 0.2) is 29.2 Å². The van der Waals surface area contributed by atoms with Crippen LogP contribution in [-0.4, -0.2) is 32.5 Å². The van der Waals surface area contributed by atoms with Crippen molar-refractivity contribution in [2.24, 2.45) is 5.92 Å². The van der Waals surface area contributed by atoms with Crippen molar-refractivity contribution in [2.45, 2.75) is 37.5 Å². The van der Waals surface area contributed by atoms with Crippen LogP contribution in [0, 0.1) is 12.8 Å². The smallest absolute Gasteiger partial charge is 0.298 e. The number of rotatable bonds is 6. The minimum Gasteiger partial charge on any atom is -0.298 e. The summed E-state index contributed by atoms with van der Waals surface area (Å²) in [7, 11) is -5.79. The Bertz CT molecular complexity index is 627. The van der Waals surface area contributed by atoms with Gasteiger partial charge in [-0.2, -0.15) is 8.42 Å². The lowest BCUT2D eigenvalue weighted by atomic mass is 10.0. The van der Waals surface area contributed by atoms with Crippen molar-refractivity contribution in [3.63, 3.8) is 0 Å². The highest BCUT2D eigenvalue weighted by Crippen LogP contribution is 2.45. The molecule has 0 spiro atoms. The molecule has 0 bridgehead atoms. The summed E-state index contributed by atoms with van der Waals surface area (Å²) in [5, 5.41) is 0. The van der Waals surface area contributed by atoms with Crippen molar-refractivity contribution in [3.05, 3.63) is 29.8 Å². The summed E-state index contributed by atoms with van der Waals surface area (Å²) in [5.41, 5.74) is 0.988. The quantitative estimate of drug-likeness (QED) is 0.793. The molecule has 0 N–H and O–H groups in total. The Morgan fingerprint density at radius 2 is 1.68 bits per heavy atom. The first-order valence-electron chi connectivity index (χ1n) is 7.46. The molecule has 1 aromatic rings. The molecular formula is C16H24O4S2. The topological polar surface area (TPSA) is 60.4 Å². The second-order valence-corrected chi connectivity index (χ2v) is 11.5. The van der Waals surface area contributed by atoms with Gasteiger partial charge in [0.1, 0.15) is 5.78 Å². The molecule has 0 radical (unpaired) electrons. The first-order valence-corrected chi connectivity index (χ1v) is 11.4. The van der Waals surface area contributed by atoms with E-state index in [0.29, 0.717) is 0 Å². The van der Waals surface area contributed by atoms with E-state index in [9.17, 15) is 13.2 Å². The molecule has 2 rings (SSSR count). The Kier molecular flexibility index (Phi) is 5.35. The van der Waals surface area contributed by atoms with Crippen molar-refractivity contribution < 1.29 is 16.8 Å². The molecule has 0 aliphatic heterocycles. The van der Waals surface area contributed by atoms with Crippen LogP contribution in [-0.2, 0) is 18.5 Å². The Balaban J connectivity index is 2.06. The maximum atomic E-state index is 12.3. The molecule has 1 aliphatic carbocycles. The summed E-state index contributed by atoms with van der Waals surface area (Å²) in [4.78, 5) is 12.4. The molecule has 124 valence electrons. The van der Waals surface area contributed by atoms with Gasteiger partial charge >= 0.3 is 10.1 Å². The molecule has 1 fully saturated rings. The number of Topliss-reactive ketones (excluding diaryl/α,β-unsaturated/α-hetero) is 1. The van der Waals surface area contributed by atoms with Crippen molar-refractivity contribution in [2.75, 3.05) is 18.3 Å². The number of carbonyl (C=O) groups is 1. The molecule has 22 heavy (non-hydrogen) atoms. The lowest BCUT2D eigenvalue weighted by molar-refractivity contribution is -0.120.